The van der Waals surface area contributed by atoms with E-state index in [9.17, 15) is 13.4 Å². The number of hydrogen-bond donors (Lipinski definition) is 2. The first-order chi connectivity index (χ1) is 7.16. The summed E-state index contributed by atoms with van der Waals surface area (Å²) < 4.78 is 38.5. The number of carbonyl (C=O) groups excluding carboxylic acids is 1. The minimum absolute atomic E-state index is 0.0832. The van der Waals surface area contributed by atoms with Gasteiger partial charge < -0.3 is 4.74 Å². The Morgan fingerprint density at radius 2 is 2.19 bits per heavy atom. The number of nitrogens with one attached hydrogen (secondary N) is 1. The first-order valence-electron chi connectivity index (χ1n) is 4.55. The molecule has 0 aromatic rings. The van der Waals surface area contributed by atoms with Crippen LogP contribution in [0.15, 0.2) is 12.4 Å². The van der Waals surface area contributed by atoms with Crippen molar-refractivity contribution in [1.82, 2.24) is 4.72 Å². The van der Waals surface area contributed by atoms with Crippen molar-refractivity contribution in [3.63, 3.8) is 0 Å². The molecule has 0 amide bonds. The zero-order valence-electron chi connectivity index (χ0n) is 9.45. The van der Waals surface area contributed by atoms with Crippen molar-refractivity contribution in [3.8, 4) is 0 Å². The van der Waals surface area contributed by atoms with E-state index in [2.05, 4.69) is 16.0 Å². The fourth-order valence-corrected chi connectivity index (χ4v) is 1.39. The SMILES string of the molecule is C=C(F)C(=O)OCC(C)(C)C(C)NS(=O)O. The third-order valence-electron chi connectivity index (χ3n) is 2.25. The van der Waals surface area contributed by atoms with E-state index in [4.69, 9.17) is 4.55 Å². The van der Waals surface area contributed by atoms with Gasteiger partial charge in [0.15, 0.2) is 0 Å². The highest BCUT2D eigenvalue weighted by Crippen LogP contribution is 2.21. The van der Waals surface area contributed by atoms with Crippen LogP contribution in [-0.2, 0) is 20.8 Å². The summed E-state index contributed by atoms with van der Waals surface area (Å²) >= 11 is -2.15. The molecule has 94 valence electrons. The molecule has 2 unspecified atom stereocenters. The van der Waals surface area contributed by atoms with Gasteiger partial charge in [0.1, 0.15) is 0 Å². The number of halogens is 1. The molecule has 5 nitrogen and oxygen atoms in total. The molecule has 0 bridgehead atoms. The van der Waals surface area contributed by atoms with Crippen molar-refractivity contribution in [3.05, 3.63) is 12.4 Å². The van der Waals surface area contributed by atoms with Gasteiger partial charge in [-0.05, 0) is 6.92 Å². The lowest BCUT2D eigenvalue weighted by molar-refractivity contribution is -0.144. The number of hydrogen-bond acceptors (Lipinski definition) is 3. The Kier molecular flexibility index (Phi) is 5.77. The number of carbonyl (C=O) groups is 1. The molecule has 16 heavy (non-hydrogen) atoms. The molecule has 2 atom stereocenters. The Labute approximate surface area is 96.5 Å². The van der Waals surface area contributed by atoms with Gasteiger partial charge in [0.05, 0.1) is 6.61 Å². The molecule has 0 heterocycles. The highest BCUT2D eigenvalue weighted by Gasteiger charge is 2.29. The predicted molar refractivity (Wildman–Crippen MR) is 58.4 cm³/mol. The molecule has 0 aliphatic heterocycles. The van der Waals surface area contributed by atoms with Gasteiger partial charge in [-0.1, -0.05) is 20.4 Å². The number of rotatable bonds is 6. The molecule has 0 spiro atoms. The van der Waals surface area contributed by atoms with Crippen molar-refractivity contribution >= 4 is 17.2 Å². The predicted octanol–water partition coefficient (Wildman–Crippen LogP) is 1.15. The molecule has 0 aromatic carbocycles. The summed E-state index contributed by atoms with van der Waals surface area (Å²) in [6.45, 7) is 7.81. The van der Waals surface area contributed by atoms with Gasteiger partial charge >= 0.3 is 5.97 Å². The van der Waals surface area contributed by atoms with Crippen LogP contribution in [0.25, 0.3) is 0 Å². The minimum Gasteiger partial charge on any atom is -0.460 e. The molecule has 0 aliphatic rings. The van der Waals surface area contributed by atoms with Crippen LogP contribution in [0.3, 0.4) is 0 Å². The lowest BCUT2D eigenvalue weighted by Crippen LogP contribution is -2.43. The second-order valence-electron chi connectivity index (χ2n) is 4.06. The van der Waals surface area contributed by atoms with Gasteiger partial charge in [-0.2, -0.15) is 4.39 Å². The summed E-state index contributed by atoms with van der Waals surface area (Å²) in [7, 11) is 0. The summed E-state index contributed by atoms with van der Waals surface area (Å²) in [6.07, 6.45) is 0. The van der Waals surface area contributed by atoms with Crippen LogP contribution < -0.4 is 4.72 Å². The zero-order valence-corrected chi connectivity index (χ0v) is 10.3. The lowest BCUT2D eigenvalue weighted by atomic mass is 9.87. The van der Waals surface area contributed by atoms with Crippen LogP contribution in [0.2, 0.25) is 0 Å². The van der Waals surface area contributed by atoms with Crippen LogP contribution in [0.1, 0.15) is 20.8 Å². The summed E-state index contributed by atoms with van der Waals surface area (Å²) in [5.41, 5.74) is -0.608. The van der Waals surface area contributed by atoms with Crippen molar-refractivity contribution in [2.45, 2.75) is 26.8 Å². The van der Waals surface area contributed by atoms with E-state index in [1.807, 2.05) is 0 Å². The maximum atomic E-state index is 12.3. The third-order valence-corrected chi connectivity index (χ3v) is 2.80. The van der Waals surface area contributed by atoms with Crippen molar-refractivity contribution in [2.24, 2.45) is 5.41 Å². The van der Waals surface area contributed by atoms with Crippen molar-refractivity contribution < 1.29 is 22.7 Å². The normalized spacial score (nSPS) is 15.3. The van der Waals surface area contributed by atoms with Crippen LogP contribution in [0, 0.1) is 5.41 Å². The molecule has 0 saturated heterocycles. The third kappa shape index (κ3) is 5.34. The Balaban J connectivity index is 4.28. The zero-order chi connectivity index (χ0) is 12.9. The van der Waals surface area contributed by atoms with E-state index in [0.717, 1.165) is 0 Å². The van der Waals surface area contributed by atoms with E-state index < -0.39 is 28.5 Å². The van der Waals surface area contributed by atoms with Crippen LogP contribution in [0.5, 0.6) is 0 Å². The monoisotopic (exact) mass is 253 g/mol. The van der Waals surface area contributed by atoms with Crippen LogP contribution in [-0.4, -0.2) is 27.4 Å². The summed E-state index contributed by atoms with van der Waals surface area (Å²) in [6, 6.07) is -0.390. The molecule has 0 aromatic heterocycles. The van der Waals surface area contributed by atoms with E-state index in [0.29, 0.717) is 0 Å². The maximum Gasteiger partial charge on any atom is 0.366 e. The summed E-state index contributed by atoms with van der Waals surface area (Å²) in [4.78, 5) is 10.8. The molecule has 0 fully saturated rings. The van der Waals surface area contributed by atoms with E-state index in [1.54, 1.807) is 20.8 Å². The Morgan fingerprint density at radius 1 is 1.69 bits per heavy atom. The maximum absolute atomic E-state index is 12.3. The molecular weight excluding hydrogens is 237 g/mol. The van der Waals surface area contributed by atoms with Gasteiger partial charge in [0, 0.05) is 11.5 Å². The molecule has 7 heteroatoms. The largest absolute Gasteiger partial charge is 0.460 e. The highest BCUT2D eigenvalue weighted by atomic mass is 32.2. The van der Waals surface area contributed by atoms with E-state index >= 15 is 0 Å². The van der Waals surface area contributed by atoms with Crippen molar-refractivity contribution in [2.75, 3.05) is 6.61 Å². The standard InChI is InChI=1S/C9H16FNO4S/c1-6(10)8(12)15-5-9(3,4)7(2)11-16(13)14/h7,11H,1,5H2,2-4H3,(H,13,14). The molecule has 0 saturated carbocycles. The smallest absolute Gasteiger partial charge is 0.366 e. The van der Waals surface area contributed by atoms with Gasteiger partial charge in [-0.3, -0.25) is 4.55 Å². The van der Waals surface area contributed by atoms with E-state index in [1.165, 1.54) is 0 Å². The Hall–Kier alpha value is -0.790. The molecule has 2 N–H and O–H groups in total. The van der Waals surface area contributed by atoms with Gasteiger partial charge in [0.25, 0.3) is 0 Å². The molecule has 0 rings (SSSR count). The minimum atomic E-state index is -2.15. The number of esters is 1. The molecule has 0 aliphatic carbocycles. The van der Waals surface area contributed by atoms with Gasteiger partial charge in [-0.15, -0.1) is 0 Å². The first-order valence-corrected chi connectivity index (χ1v) is 5.66. The Bertz CT molecular complexity index is 306. The number of ether oxygens (including phenoxy) is 1. The Morgan fingerprint density at radius 3 is 2.56 bits per heavy atom. The molecule has 0 radical (unpaired) electrons. The summed E-state index contributed by atoms with van der Waals surface area (Å²) in [5, 5.41) is 0. The second-order valence-corrected chi connectivity index (χ2v) is 4.79. The first kappa shape index (κ1) is 15.2. The van der Waals surface area contributed by atoms with E-state index in [-0.39, 0.29) is 12.6 Å². The van der Waals surface area contributed by atoms with Crippen molar-refractivity contribution in [1.29, 1.82) is 0 Å². The fourth-order valence-electron chi connectivity index (χ4n) is 0.766. The molecular formula is C9H16FNO4S. The van der Waals surface area contributed by atoms with Gasteiger partial charge in [-0.25, -0.2) is 13.7 Å². The highest BCUT2D eigenvalue weighted by molar-refractivity contribution is 7.77. The lowest BCUT2D eigenvalue weighted by Gasteiger charge is -2.30. The quantitative estimate of drug-likeness (QED) is 0.423. The van der Waals surface area contributed by atoms with Crippen LogP contribution >= 0.6 is 0 Å². The van der Waals surface area contributed by atoms with Crippen LogP contribution in [0.4, 0.5) is 4.39 Å². The van der Waals surface area contributed by atoms with Gasteiger partial charge in [0.2, 0.25) is 17.1 Å². The summed E-state index contributed by atoms with van der Waals surface area (Å²) in [5.74, 6) is -2.28. The average Bonchev–Trinajstić information content (AvgIpc) is 2.12. The second kappa shape index (κ2) is 6.07. The topological polar surface area (TPSA) is 75.6 Å². The fraction of sp³-hybridized carbons (Fsp3) is 0.667. The average molecular weight is 253 g/mol.